The third kappa shape index (κ3) is 2.60. The third-order valence-corrected chi connectivity index (χ3v) is 2.01. The van der Waals surface area contributed by atoms with Crippen LogP contribution in [0.3, 0.4) is 0 Å². The van der Waals surface area contributed by atoms with E-state index in [0.717, 1.165) is 11.1 Å². The number of aryl methyl sites for hydroxylation is 1. The summed E-state index contributed by atoms with van der Waals surface area (Å²) in [5.41, 5.74) is 1.86. The minimum absolute atomic E-state index is 0.139. The molecular weight excluding hydrogens is 178 g/mol. The molecule has 0 saturated carbocycles. The molecule has 0 saturated heterocycles. The lowest BCUT2D eigenvalue weighted by Gasteiger charge is -2.06. The number of carboxylic acids is 1. The van der Waals surface area contributed by atoms with E-state index in [1.54, 1.807) is 12.1 Å². The van der Waals surface area contributed by atoms with E-state index in [0.29, 0.717) is 0 Å². The van der Waals surface area contributed by atoms with Crippen LogP contribution in [0.5, 0.6) is 0 Å². The van der Waals surface area contributed by atoms with Gasteiger partial charge in [-0.05, 0) is 12.5 Å². The third-order valence-electron chi connectivity index (χ3n) is 2.01. The van der Waals surface area contributed by atoms with Crippen LogP contribution in [0.15, 0.2) is 24.3 Å². The van der Waals surface area contributed by atoms with Gasteiger partial charge in [0.05, 0.1) is 18.4 Å². The Bertz CT molecular complexity index is 362. The van der Waals surface area contributed by atoms with Crippen LogP contribution in [0.1, 0.15) is 23.5 Å². The van der Waals surface area contributed by atoms with E-state index in [9.17, 15) is 4.79 Å². The first-order valence-corrected chi connectivity index (χ1v) is 4.31. The lowest BCUT2D eigenvalue weighted by molar-refractivity contribution is -0.137. The molecule has 0 bridgehead atoms. The molecular formula is C11H11NO2. The highest BCUT2D eigenvalue weighted by Crippen LogP contribution is 2.18. The van der Waals surface area contributed by atoms with Crippen LogP contribution in [0.4, 0.5) is 0 Å². The molecule has 1 unspecified atom stereocenters. The summed E-state index contributed by atoms with van der Waals surface area (Å²) in [6, 6.07) is 9.34. The van der Waals surface area contributed by atoms with Crippen molar-refractivity contribution < 1.29 is 9.90 Å². The molecule has 1 aromatic rings. The van der Waals surface area contributed by atoms with Crippen molar-refractivity contribution in [3.05, 3.63) is 35.4 Å². The van der Waals surface area contributed by atoms with E-state index in [1.165, 1.54) is 0 Å². The van der Waals surface area contributed by atoms with E-state index in [1.807, 2.05) is 25.1 Å². The molecule has 1 atom stereocenters. The molecule has 0 aliphatic rings. The van der Waals surface area contributed by atoms with E-state index in [2.05, 4.69) is 0 Å². The Balaban J connectivity index is 2.85. The second kappa shape index (κ2) is 4.43. The predicted octanol–water partition coefficient (Wildman–Crippen LogP) is 2.08. The normalized spacial score (nSPS) is 11.7. The van der Waals surface area contributed by atoms with Crippen molar-refractivity contribution in [2.24, 2.45) is 0 Å². The second-order valence-corrected chi connectivity index (χ2v) is 3.19. The predicted molar refractivity (Wildman–Crippen MR) is 51.8 cm³/mol. The molecule has 3 nitrogen and oxygen atoms in total. The van der Waals surface area contributed by atoms with Crippen LogP contribution in [-0.4, -0.2) is 11.1 Å². The van der Waals surface area contributed by atoms with E-state index in [-0.39, 0.29) is 6.42 Å². The van der Waals surface area contributed by atoms with E-state index in [4.69, 9.17) is 10.4 Å². The largest absolute Gasteiger partial charge is 0.481 e. The molecule has 14 heavy (non-hydrogen) atoms. The van der Waals surface area contributed by atoms with Gasteiger partial charge in [0, 0.05) is 0 Å². The highest BCUT2D eigenvalue weighted by Gasteiger charge is 2.13. The molecule has 1 aromatic carbocycles. The molecule has 0 aliphatic carbocycles. The van der Waals surface area contributed by atoms with Gasteiger partial charge >= 0.3 is 5.97 Å². The van der Waals surface area contributed by atoms with Gasteiger partial charge in [-0.1, -0.05) is 29.8 Å². The quantitative estimate of drug-likeness (QED) is 0.791. The van der Waals surface area contributed by atoms with Gasteiger partial charge in [-0.25, -0.2) is 0 Å². The van der Waals surface area contributed by atoms with Crippen molar-refractivity contribution in [2.45, 2.75) is 19.3 Å². The van der Waals surface area contributed by atoms with Crippen molar-refractivity contribution in [3.8, 4) is 6.07 Å². The first-order valence-electron chi connectivity index (χ1n) is 4.31. The summed E-state index contributed by atoms with van der Waals surface area (Å²) in [6.45, 7) is 1.95. The molecule has 1 rings (SSSR count). The minimum atomic E-state index is -0.947. The molecule has 0 fully saturated rings. The van der Waals surface area contributed by atoms with Crippen molar-refractivity contribution >= 4 is 5.97 Å². The first kappa shape index (κ1) is 10.3. The monoisotopic (exact) mass is 189 g/mol. The average Bonchev–Trinajstić information content (AvgIpc) is 2.15. The Labute approximate surface area is 82.6 Å². The zero-order chi connectivity index (χ0) is 10.6. The topological polar surface area (TPSA) is 61.1 Å². The Hall–Kier alpha value is -1.82. The van der Waals surface area contributed by atoms with Crippen molar-refractivity contribution in [3.63, 3.8) is 0 Å². The summed E-state index contributed by atoms with van der Waals surface area (Å²) in [5, 5.41) is 17.4. The zero-order valence-electron chi connectivity index (χ0n) is 7.90. The summed E-state index contributed by atoms with van der Waals surface area (Å²) in [6.07, 6.45) is -0.139. The van der Waals surface area contributed by atoms with E-state index < -0.39 is 11.9 Å². The lowest BCUT2D eigenvalue weighted by atomic mass is 9.96. The Morgan fingerprint density at radius 3 is 2.50 bits per heavy atom. The summed E-state index contributed by atoms with van der Waals surface area (Å²) in [7, 11) is 0. The SMILES string of the molecule is Cc1ccc(C(C#N)CC(=O)O)cc1. The van der Waals surface area contributed by atoms with Gasteiger partial charge < -0.3 is 5.11 Å². The number of carboxylic acid groups (broad SMARTS) is 1. The summed E-state index contributed by atoms with van der Waals surface area (Å²) in [4.78, 5) is 10.5. The minimum Gasteiger partial charge on any atom is -0.481 e. The van der Waals surface area contributed by atoms with Crippen LogP contribution in [0.25, 0.3) is 0 Å². The van der Waals surface area contributed by atoms with Gasteiger partial charge in [-0.2, -0.15) is 5.26 Å². The summed E-state index contributed by atoms with van der Waals surface area (Å²) in [5.74, 6) is -1.50. The van der Waals surface area contributed by atoms with Crippen molar-refractivity contribution in [2.75, 3.05) is 0 Å². The molecule has 72 valence electrons. The molecule has 0 heterocycles. The van der Waals surface area contributed by atoms with Crippen molar-refractivity contribution in [1.29, 1.82) is 5.26 Å². The Morgan fingerprint density at radius 2 is 2.07 bits per heavy atom. The number of benzene rings is 1. The van der Waals surface area contributed by atoms with Gasteiger partial charge in [-0.15, -0.1) is 0 Å². The summed E-state index contributed by atoms with van der Waals surface area (Å²) >= 11 is 0. The van der Waals surface area contributed by atoms with Crippen LogP contribution in [0.2, 0.25) is 0 Å². The average molecular weight is 189 g/mol. The van der Waals surface area contributed by atoms with Gasteiger partial charge in [-0.3, -0.25) is 4.79 Å². The zero-order valence-corrected chi connectivity index (χ0v) is 7.90. The summed E-state index contributed by atoms with van der Waals surface area (Å²) < 4.78 is 0. The van der Waals surface area contributed by atoms with Crippen LogP contribution < -0.4 is 0 Å². The fourth-order valence-electron chi connectivity index (χ4n) is 1.21. The molecule has 0 aromatic heterocycles. The highest BCUT2D eigenvalue weighted by molar-refractivity contribution is 5.68. The van der Waals surface area contributed by atoms with Gasteiger partial charge in [0.1, 0.15) is 0 Å². The maximum Gasteiger partial charge on any atom is 0.305 e. The molecule has 0 aliphatic heterocycles. The molecule has 0 spiro atoms. The van der Waals surface area contributed by atoms with Crippen LogP contribution >= 0.6 is 0 Å². The van der Waals surface area contributed by atoms with Gasteiger partial charge in [0.15, 0.2) is 0 Å². The standard InChI is InChI=1S/C11H11NO2/c1-8-2-4-9(5-3-8)10(7-12)6-11(13)14/h2-5,10H,6H2,1H3,(H,13,14). The number of aliphatic carboxylic acids is 1. The lowest BCUT2D eigenvalue weighted by Crippen LogP contribution is -2.04. The maximum atomic E-state index is 10.5. The molecule has 0 radical (unpaired) electrons. The van der Waals surface area contributed by atoms with Crippen LogP contribution in [0, 0.1) is 18.3 Å². The van der Waals surface area contributed by atoms with E-state index >= 15 is 0 Å². The van der Waals surface area contributed by atoms with Gasteiger partial charge in [0.2, 0.25) is 0 Å². The Kier molecular flexibility index (Phi) is 3.24. The maximum absolute atomic E-state index is 10.5. The number of nitriles is 1. The number of hydrogen-bond donors (Lipinski definition) is 1. The molecule has 1 N–H and O–H groups in total. The molecule has 3 heteroatoms. The fraction of sp³-hybridized carbons (Fsp3) is 0.273. The number of nitrogens with zero attached hydrogens (tertiary/aromatic N) is 1. The number of hydrogen-bond acceptors (Lipinski definition) is 2. The van der Waals surface area contributed by atoms with Crippen LogP contribution in [-0.2, 0) is 4.79 Å². The van der Waals surface area contributed by atoms with Gasteiger partial charge in [0.25, 0.3) is 0 Å². The number of rotatable bonds is 3. The smallest absolute Gasteiger partial charge is 0.305 e. The molecule has 0 amide bonds. The van der Waals surface area contributed by atoms with Crippen molar-refractivity contribution in [1.82, 2.24) is 0 Å². The second-order valence-electron chi connectivity index (χ2n) is 3.19. The Morgan fingerprint density at radius 1 is 1.50 bits per heavy atom. The first-order chi connectivity index (χ1) is 6.63. The number of carbonyl (C=O) groups is 1. The highest BCUT2D eigenvalue weighted by atomic mass is 16.4. The fourth-order valence-corrected chi connectivity index (χ4v) is 1.21.